The molecular weight excluding hydrogens is 310 g/mol. The van der Waals surface area contributed by atoms with Gasteiger partial charge in [0.25, 0.3) is 0 Å². The zero-order valence-corrected chi connectivity index (χ0v) is 13.5. The highest BCUT2D eigenvalue weighted by molar-refractivity contribution is 5.82. The van der Waals surface area contributed by atoms with Gasteiger partial charge in [0.05, 0.1) is 21.3 Å². The molecule has 1 aromatic heterocycles. The van der Waals surface area contributed by atoms with Crippen LogP contribution in [0.5, 0.6) is 23.0 Å². The van der Waals surface area contributed by atoms with Crippen molar-refractivity contribution in [2.45, 2.75) is 0 Å². The summed E-state index contributed by atoms with van der Waals surface area (Å²) in [5.41, 5.74) is 2.97. The molecule has 24 heavy (non-hydrogen) atoms. The molecule has 0 aliphatic rings. The molecule has 124 valence electrons. The van der Waals surface area contributed by atoms with E-state index in [2.05, 4.69) is 5.16 Å². The van der Waals surface area contributed by atoms with Crippen molar-refractivity contribution in [2.24, 2.45) is 0 Å². The quantitative estimate of drug-likeness (QED) is 0.717. The summed E-state index contributed by atoms with van der Waals surface area (Å²) >= 11 is 0. The summed E-state index contributed by atoms with van der Waals surface area (Å²) in [5, 5.41) is 15.4. The largest absolute Gasteiger partial charge is 0.872 e. The summed E-state index contributed by atoms with van der Waals surface area (Å²) in [6.45, 7) is 0. The Balaban J connectivity index is 2.14. The van der Waals surface area contributed by atoms with Crippen LogP contribution in [0.4, 0.5) is 0 Å². The summed E-state index contributed by atoms with van der Waals surface area (Å²) in [7, 11) is 4.65. The predicted molar refractivity (Wildman–Crippen MR) is 86.5 cm³/mol. The summed E-state index contributed by atoms with van der Waals surface area (Å²) in [6, 6.07) is 10.1. The normalized spacial score (nSPS) is 10.5. The fraction of sp³-hybridized carbons (Fsp3) is 0.167. The first kappa shape index (κ1) is 15.7. The minimum absolute atomic E-state index is 0.0514. The van der Waals surface area contributed by atoms with Crippen LogP contribution in [0.25, 0.3) is 22.4 Å². The maximum absolute atomic E-state index is 11.3. The van der Waals surface area contributed by atoms with E-state index in [0.717, 1.165) is 16.7 Å². The molecule has 0 bridgehead atoms. The summed E-state index contributed by atoms with van der Waals surface area (Å²) in [4.78, 5) is 0. The molecule has 6 heteroatoms. The molecule has 1 heterocycles. The van der Waals surface area contributed by atoms with E-state index >= 15 is 0 Å². The number of hydrogen-bond acceptors (Lipinski definition) is 6. The zero-order valence-electron chi connectivity index (χ0n) is 13.5. The highest BCUT2D eigenvalue weighted by Crippen LogP contribution is 2.42. The second-order valence-electron chi connectivity index (χ2n) is 5.02. The molecule has 6 nitrogen and oxygen atoms in total. The molecule has 0 N–H and O–H groups in total. The van der Waals surface area contributed by atoms with Crippen molar-refractivity contribution >= 4 is 0 Å². The SMILES string of the molecule is COc1cc(-c2nocc2-c2ccc([O-])cc2)cc(OC)c1OC. The average Bonchev–Trinajstić information content (AvgIpc) is 3.10. The third-order valence-corrected chi connectivity index (χ3v) is 3.67. The van der Waals surface area contributed by atoms with E-state index in [4.69, 9.17) is 18.7 Å². The monoisotopic (exact) mass is 326 g/mol. The molecule has 0 fully saturated rings. The Hall–Kier alpha value is -3.15. The van der Waals surface area contributed by atoms with E-state index in [0.29, 0.717) is 22.9 Å². The van der Waals surface area contributed by atoms with Gasteiger partial charge in [-0.05, 0) is 17.7 Å². The second kappa shape index (κ2) is 6.54. The Morgan fingerprint density at radius 3 is 2.04 bits per heavy atom. The Morgan fingerprint density at radius 2 is 1.50 bits per heavy atom. The zero-order chi connectivity index (χ0) is 17.1. The van der Waals surface area contributed by atoms with Gasteiger partial charge in [-0.3, -0.25) is 0 Å². The molecule has 2 aromatic carbocycles. The van der Waals surface area contributed by atoms with E-state index < -0.39 is 0 Å². The van der Waals surface area contributed by atoms with Crippen LogP contribution in [0.15, 0.2) is 47.2 Å². The third-order valence-electron chi connectivity index (χ3n) is 3.67. The first-order valence-corrected chi connectivity index (χ1v) is 7.20. The van der Waals surface area contributed by atoms with Gasteiger partial charge < -0.3 is 23.8 Å². The van der Waals surface area contributed by atoms with Crippen LogP contribution in [-0.2, 0) is 0 Å². The van der Waals surface area contributed by atoms with Crippen LogP contribution in [-0.4, -0.2) is 26.5 Å². The summed E-state index contributed by atoms with van der Waals surface area (Å²) < 4.78 is 21.2. The van der Waals surface area contributed by atoms with Gasteiger partial charge in [-0.1, -0.05) is 29.4 Å². The number of benzene rings is 2. The van der Waals surface area contributed by atoms with Gasteiger partial charge >= 0.3 is 0 Å². The van der Waals surface area contributed by atoms with Crippen LogP contribution in [0, 0.1) is 0 Å². The minimum atomic E-state index is -0.0514. The summed E-state index contributed by atoms with van der Waals surface area (Å²) in [5.74, 6) is 1.50. The van der Waals surface area contributed by atoms with Crippen LogP contribution >= 0.6 is 0 Å². The molecule has 3 rings (SSSR count). The Bertz CT molecular complexity index is 814. The molecule has 0 aliphatic heterocycles. The van der Waals surface area contributed by atoms with Gasteiger partial charge in [-0.25, -0.2) is 0 Å². The van der Waals surface area contributed by atoms with Gasteiger partial charge in [0.1, 0.15) is 12.0 Å². The van der Waals surface area contributed by atoms with Gasteiger partial charge in [-0.2, -0.15) is 0 Å². The van der Waals surface area contributed by atoms with Gasteiger partial charge in [-0.15, -0.1) is 5.75 Å². The number of methoxy groups -OCH3 is 3. The van der Waals surface area contributed by atoms with E-state index in [1.807, 2.05) is 0 Å². The lowest BCUT2D eigenvalue weighted by Gasteiger charge is -2.14. The second-order valence-corrected chi connectivity index (χ2v) is 5.02. The average molecular weight is 326 g/mol. The van der Waals surface area contributed by atoms with Crippen molar-refractivity contribution in [1.82, 2.24) is 5.16 Å². The highest BCUT2D eigenvalue weighted by atomic mass is 16.5. The van der Waals surface area contributed by atoms with Crippen molar-refractivity contribution in [2.75, 3.05) is 21.3 Å². The van der Waals surface area contributed by atoms with Crippen molar-refractivity contribution in [3.63, 3.8) is 0 Å². The predicted octanol–water partition coefficient (Wildman–Crippen LogP) is 3.11. The molecule has 0 spiro atoms. The molecule has 0 unspecified atom stereocenters. The first-order chi connectivity index (χ1) is 11.7. The molecule has 0 aliphatic carbocycles. The van der Waals surface area contributed by atoms with Crippen LogP contribution in [0.2, 0.25) is 0 Å². The fourth-order valence-corrected chi connectivity index (χ4v) is 2.50. The first-order valence-electron chi connectivity index (χ1n) is 7.20. The fourth-order valence-electron chi connectivity index (χ4n) is 2.50. The highest BCUT2D eigenvalue weighted by Gasteiger charge is 2.18. The van der Waals surface area contributed by atoms with Crippen LogP contribution in [0.3, 0.4) is 0 Å². The van der Waals surface area contributed by atoms with E-state index in [1.54, 1.807) is 51.9 Å². The molecule has 0 radical (unpaired) electrons. The topological polar surface area (TPSA) is 76.8 Å². The van der Waals surface area contributed by atoms with Crippen molar-refractivity contribution < 1.29 is 23.8 Å². The minimum Gasteiger partial charge on any atom is -0.872 e. The molecule has 3 aromatic rings. The van der Waals surface area contributed by atoms with Crippen LogP contribution in [0.1, 0.15) is 0 Å². The van der Waals surface area contributed by atoms with Gasteiger partial charge in [0.2, 0.25) is 5.75 Å². The van der Waals surface area contributed by atoms with Gasteiger partial charge in [0.15, 0.2) is 11.5 Å². The van der Waals surface area contributed by atoms with Crippen molar-refractivity contribution in [3.05, 3.63) is 42.7 Å². The standard InChI is InChI=1S/C18H17NO5/c1-21-15-8-12(9-16(22-2)18(15)23-3)17-14(10-24-19-17)11-4-6-13(20)7-5-11/h4-10,20H,1-3H3/p-1. The van der Waals surface area contributed by atoms with E-state index in [1.165, 1.54) is 12.1 Å². The molecule has 0 saturated carbocycles. The molecule has 0 saturated heterocycles. The number of nitrogens with zero attached hydrogens (tertiary/aromatic N) is 1. The van der Waals surface area contributed by atoms with E-state index in [9.17, 15) is 5.11 Å². The summed E-state index contributed by atoms with van der Waals surface area (Å²) in [6.07, 6.45) is 1.54. The Kier molecular flexibility index (Phi) is 4.29. The number of aromatic nitrogens is 1. The molecule has 0 atom stereocenters. The lowest BCUT2D eigenvalue weighted by atomic mass is 10.0. The Morgan fingerprint density at radius 1 is 0.875 bits per heavy atom. The number of hydrogen-bond donors (Lipinski definition) is 0. The Labute approximate surface area is 139 Å². The van der Waals surface area contributed by atoms with Crippen LogP contribution < -0.4 is 19.3 Å². The van der Waals surface area contributed by atoms with Crippen molar-refractivity contribution in [1.29, 1.82) is 0 Å². The maximum Gasteiger partial charge on any atom is 0.203 e. The smallest absolute Gasteiger partial charge is 0.203 e. The maximum atomic E-state index is 11.3. The number of ether oxygens (including phenoxy) is 3. The van der Waals surface area contributed by atoms with Crippen molar-refractivity contribution in [3.8, 4) is 45.4 Å². The lowest BCUT2D eigenvalue weighted by Crippen LogP contribution is -1.96. The van der Waals surface area contributed by atoms with Gasteiger partial charge in [0, 0.05) is 11.1 Å². The van der Waals surface area contributed by atoms with E-state index in [-0.39, 0.29) is 5.75 Å². The molecule has 0 amide bonds. The number of rotatable bonds is 5. The molecular formula is C18H16NO5-. The third kappa shape index (κ3) is 2.74. The lowest BCUT2D eigenvalue weighted by molar-refractivity contribution is -0.268.